The summed E-state index contributed by atoms with van der Waals surface area (Å²) in [5.41, 5.74) is 5.19. The van der Waals surface area contributed by atoms with E-state index >= 15 is 0 Å². The third-order valence-corrected chi connectivity index (χ3v) is 5.24. The van der Waals surface area contributed by atoms with Crippen LogP contribution in [0.25, 0.3) is 16.8 Å². The topological polar surface area (TPSA) is 43.0 Å². The fourth-order valence-electron chi connectivity index (χ4n) is 3.69. The van der Waals surface area contributed by atoms with Gasteiger partial charge in [-0.25, -0.2) is 4.68 Å². The molecule has 0 amide bonds. The number of benzene rings is 2. The van der Waals surface area contributed by atoms with Crippen LogP contribution in [0.5, 0.6) is 0 Å². The Labute approximate surface area is 168 Å². The predicted octanol–water partition coefficient (Wildman–Crippen LogP) is 6.16. The second kappa shape index (κ2) is 6.73. The summed E-state index contributed by atoms with van der Waals surface area (Å²) < 4.78 is 7.71. The minimum atomic E-state index is -0.0303. The monoisotopic (exact) mass is 387 g/mol. The number of halogens is 1. The molecule has 0 fully saturated rings. The van der Waals surface area contributed by atoms with Gasteiger partial charge in [0.05, 0.1) is 23.7 Å². The highest BCUT2D eigenvalue weighted by atomic mass is 35.5. The molecule has 28 heavy (non-hydrogen) atoms. The van der Waals surface area contributed by atoms with Crippen molar-refractivity contribution in [1.82, 2.24) is 9.78 Å². The zero-order valence-electron chi connectivity index (χ0n) is 15.3. The van der Waals surface area contributed by atoms with Crippen LogP contribution in [0.1, 0.15) is 23.1 Å². The highest BCUT2D eigenvalue weighted by Crippen LogP contribution is 2.41. The summed E-state index contributed by atoms with van der Waals surface area (Å²) >= 11 is 6.09. The Bertz CT molecular complexity index is 1140. The van der Waals surface area contributed by atoms with Crippen molar-refractivity contribution < 1.29 is 4.42 Å². The maximum absolute atomic E-state index is 6.09. The molecule has 0 unspecified atom stereocenters. The number of furan rings is 1. The molecule has 4 aromatic rings. The highest BCUT2D eigenvalue weighted by molar-refractivity contribution is 6.30. The van der Waals surface area contributed by atoms with Crippen LogP contribution in [0.3, 0.4) is 0 Å². The molecule has 0 radical (unpaired) electrons. The van der Waals surface area contributed by atoms with Gasteiger partial charge < -0.3 is 9.73 Å². The third-order valence-electron chi connectivity index (χ3n) is 4.99. The molecule has 0 aliphatic carbocycles. The molecule has 0 saturated carbocycles. The van der Waals surface area contributed by atoms with E-state index in [0.717, 1.165) is 34.1 Å². The number of anilines is 1. The van der Waals surface area contributed by atoms with Gasteiger partial charge in [0.15, 0.2) is 0 Å². The average Bonchev–Trinajstić information content (AvgIpc) is 3.36. The van der Waals surface area contributed by atoms with Crippen molar-refractivity contribution >= 4 is 23.1 Å². The summed E-state index contributed by atoms with van der Waals surface area (Å²) in [4.78, 5) is 0. The van der Waals surface area contributed by atoms with Crippen molar-refractivity contribution in [3.05, 3.63) is 101 Å². The molecule has 1 atom stereocenters. The van der Waals surface area contributed by atoms with Gasteiger partial charge in [-0.1, -0.05) is 54.1 Å². The van der Waals surface area contributed by atoms with E-state index < -0.39 is 0 Å². The minimum absolute atomic E-state index is 0.0303. The lowest BCUT2D eigenvalue weighted by molar-refractivity contribution is 0.547. The number of allylic oxidation sites excluding steroid dienone is 1. The minimum Gasteiger partial charge on any atom is -0.463 e. The Morgan fingerprint density at radius 3 is 2.50 bits per heavy atom. The molecule has 138 valence electrons. The molecule has 5 rings (SSSR count). The number of rotatable bonds is 3. The number of hydrogen-bond donors (Lipinski definition) is 1. The molecular weight excluding hydrogens is 370 g/mol. The van der Waals surface area contributed by atoms with E-state index in [-0.39, 0.29) is 6.04 Å². The first-order valence-electron chi connectivity index (χ1n) is 9.13. The second-order valence-electron chi connectivity index (χ2n) is 6.80. The fraction of sp³-hybridized carbons (Fsp3) is 0.0870. The van der Waals surface area contributed by atoms with E-state index in [0.29, 0.717) is 5.02 Å². The van der Waals surface area contributed by atoms with Crippen LogP contribution in [0.4, 0.5) is 5.82 Å². The van der Waals surface area contributed by atoms with E-state index in [2.05, 4.69) is 23.5 Å². The normalized spacial score (nSPS) is 15.6. The van der Waals surface area contributed by atoms with Crippen LogP contribution in [0.2, 0.25) is 5.02 Å². The standard InChI is InChI=1S/C23H18ClN3O/c1-15-22(17-9-11-18(24)12-10-17)23-25-19(21-8-5-13-28-21)14-20(27(23)26-15)16-6-3-2-4-7-16/h2-14,20,25H,1H3/t20-/m1/s1. The Balaban J connectivity index is 1.70. The first kappa shape index (κ1) is 16.9. The molecule has 2 aromatic heterocycles. The van der Waals surface area contributed by atoms with Crippen molar-refractivity contribution in [2.45, 2.75) is 13.0 Å². The van der Waals surface area contributed by atoms with E-state index in [1.807, 2.05) is 66.2 Å². The van der Waals surface area contributed by atoms with Gasteiger partial charge in [0, 0.05) is 10.6 Å². The van der Waals surface area contributed by atoms with Gasteiger partial charge in [-0.3, -0.25) is 0 Å². The summed E-state index contributed by atoms with van der Waals surface area (Å²) in [5.74, 6) is 1.75. The van der Waals surface area contributed by atoms with Crippen molar-refractivity contribution in [1.29, 1.82) is 0 Å². The third kappa shape index (κ3) is 2.83. The van der Waals surface area contributed by atoms with Gasteiger partial charge >= 0.3 is 0 Å². The van der Waals surface area contributed by atoms with Crippen molar-refractivity contribution in [2.75, 3.05) is 5.32 Å². The predicted molar refractivity (Wildman–Crippen MR) is 112 cm³/mol. The molecule has 1 N–H and O–H groups in total. The smallest absolute Gasteiger partial charge is 0.149 e. The van der Waals surface area contributed by atoms with Crippen LogP contribution < -0.4 is 5.32 Å². The van der Waals surface area contributed by atoms with Crippen molar-refractivity contribution in [3.63, 3.8) is 0 Å². The summed E-state index contributed by atoms with van der Waals surface area (Å²) in [6.45, 7) is 2.03. The molecule has 0 saturated heterocycles. The number of nitrogens with one attached hydrogen (secondary N) is 1. The van der Waals surface area contributed by atoms with E-state index in [1.54, 1.807) is 6.26 Å². The van der Waals surface area contributed by atoms with Crippen LogP contribution in [-0.2, 0) is 0 Å². The molecule has 0 spiro atoms. The zero-order valence-corrected chi connectivity index (χ0v) is 16.0. The van der Waals surface area contributed by atoms with Crippen LogP contribution in [0.15, 0.2) is 83.5 Å². The quantitative estimate of drug-likeness (QED) is 0.457. The Kier molecular flexibility index (Phi) is 4.06. The lowest BCUT2D eigenvalue weighted by Crippen LogP contribution is -2.19. The summed E-state index contributed by atoms with van der Waals surface area (Å²) in [6, 6.07) is 22.0. The number of aromatic nitrogens is 2. The number of aryl methyl sites for hydroxylation is 1. The first-order chi connectivity index (χ1) is 13.7. The highest BCUT2D eigenvalue weighted by Gasteiger charge is 2.28. The summed E-state index contributed by atoms with van der Waals surface area (Å²) in [6.07, 6.45) is 3.84. The fourth-order valence-corrected chi connectivity index (χ4v) is 3.82. The lowest BCUT2D eigenvalue weighted by Gasteiger charge is -2.25. The molecule has 3 heterocycles. The molecule has 5 heteroatoms. The number of fused-ring (bicyclic) bond motifs is 1. The van der Waals surface area contributed by atoms with Gasteiger partial charge in [0.1, 0.15) is 11.6 Å². The zero-order chi connectivity index (χ0) is 19.1. The number of nitrogens with zero attached hydrogens (tertiary/aromatic N) is 2. The van der Waals surface area contributed by atoms with Crippen molar-refractivity contribution in [3.8, 4) is 11.1 Å². The second-order valence-corrected chi connectivity index (χ2v) is 7.24. The van der Waals surface area contributed by atoms with Gasteiger partial charge in [-0.05, 0) is 48.4 Å². The maximum atomic E-state index is 6.09. The van der Waals surface area contributed by atoms with E-state index in [4.69, 9.17) is 21.1 Å². The Morgan fingerprint density at radius 1 is 1.00 bits per heavy atom. The van der Waals surface area contributed by atoms with Gasteiger partial charge in [0.2, 0.25) is 0 Å². The molecular formula is C23H18ClN3O. The van der Waals surface area contributed by atoms with Gasteiger partial charge in [0.25, 0.3) is 0 Å². The lowest BCUT2D eigenvalue weighted by atomic mass is 10.0. The molecule has 1 aliphatic heterocycles. The molecule has 1 aliphatic rings. The molecule has 2 aromatic carbocycles. The maximum Gasteiger partial charge on any atom is 0.149 e. The van der Waals surface area contributed by atoms with Crippen LogP contribution in [-0.4, -0.2) is 9.78 Å². The summed E-state index contributed by atoms with van der Waals surface area (Å²) in [5, 5.41) is 9.12. The number of hydrogen-bond acceptors (Lipinski definition) is 3. The van der Waals surface area contributed by atoms with Crippen molar-refractivity contribution in [2.24, 2.45) is 0 Å². The summed E-state index contributed by atoms with van der Waals surface area (Å²) in [7, 11) is 0. The Morgan fingerprint density at radius 2 is 1.79 bits per heavy atom. The molecule has 0 bridgehead atoms. The van der Waals surface area contributed by atoms with Gasteiger partial charge in [-0.15, -0.1) is 0 Å². The van der Waals surface area contributed by atoms with Gasteiger partial charge in [-0.2, -0.15) is 5.10 Å². The van der Waals surface area contributed by atoms with E-state index in [1.165, 1.54) is 5.56 Å². The van der Waals surface area contributed by atoms with Crippen LogP contribution in [0, 0.1) is 6.92 Å². The average molecular weight is 388 g/mol. The largest absolute Gasteiger partial charge is 0.463 e. The molecule has 4 nitrogen and oxygen atoms in total. The Hall–Kier alpha value is -3.24. The van der Waals surface area contributed by atoms with E-state index in [9.17, 15) is 0 Å². The van der Waals surface area contributed by atoms with Crippen LogP contribution >= 0.6 is 11.6 Å². The first-order valence-corrected chi connectivity index (χ1v) is 9.51. The SMILES string of the molecule is Cc1nn2c(c1-c1ccc(Cl)cc1)NC(c1ccco1)=C[C@@H]2c1ccccc1.